The third-order valence-electron chi connectivity index (χ3n) is 4.69. The van der Waals surface area contributed by atoms with Gasteiger partial charge in [-0.25, -0.2) is 4.79 Å². The van der Waals surface area contributed by atoms with Crippen LogP contribution in [0.5, 0.6) is 11.5 Å². The van der Waals surface area contributed by atoms with E-state index in [1.807, 2.05) is 0 Å². The van der Waals surface area contributed by atoms with Crippen LogP contribution >= 0.6 is 23.2 Å². The van der Waals surface area contributed by atoms with E-state index >= 15 is 0 Å². The molecule has 2 aromatic heterocycles. The maximum Gasteiger partial charge on any atom is 0.338 e. The molecule has 11 heteroatoms. The highest BCUT2D eigenvalue weighted by Gasteiger charge is 2.18. The molecule has 0 aliphatic heterocycles. The summed E-state index contributed by atoms with van der Waals surface area (Å²) >= 11 is 12.4. The molecule has 0 radical (unpaired) electrons. The van der Waals surface area contributed by atoms with Crippen molar-refractivity contribution in [2.75, 3.05) is 12.4 Å². The normalized spacial score (nSPS) is 10.8. The summed E-state index contributed by atoms with van der Waals surface area (Å²) in [7, 11) is 1.45. The van der Waals surface area contributed by atoms with Gasteiger partial charge in [0.05, 0.1) is 33.5 Å². The Kier molecular flexibility index (Phi) is 6.34. The minimum Gasteiger partial charge on any atom is -0.493 e. The number of aromatic nitrogens is 1. The van der Waals surface area contributed by atoms with Crippen molar-refractivity contribution in [3.63, 3.8) is 0 Å². The number of halogens is 2. The molecule has 4 aromatic rings. The van der Waals surface area contributed by atoms with E-state index in [4.69, 9.17) is 37.1 Å². The zero-order valence-corrected chi connectivity index (χ0v) is 18.5. The Morgan fingerprint density at radius 2 is 1.82 bits per heavy atom. The summed E-state index contributed by atoms with van der Waals surface area (Å²) in [6.45, 7) is 0.0524. The van der Waals surface area contributed by atoms with Crippen LogP contribution in [0.3, 0.4) is 0 Å². The molecule has 168 valence electrons. The van der Waals surface area contributed by atoms with E-state index in [9.17, 15) is 14.9 Å². The molecule has 0 saturated carbocycles. The predicted molar refractivity (Wildman–Crippen MR) is 124 cm³/mol. The third-order valence-corrected chi connectivity index (χ3v) is 5.27. The number of non-ortho nitro benzene ring substituents is 1. The lowest BCUT2D eigenvalue weighted by atomic mass is 10.1. The molecule has 0 bridgehead atoms. The van der Waals surface area contributed by atoms with Gasteiger partial charge in [-0.2, -0.15) is 0 Å². The van der Waals surface area contributed by atoms with Gasteiger partial charge < -0.3 is 19.2 Å². The Morgan fingerprint density at radius 3 is 2.45 bits per heavy atom. The van der Waals surface area contributed by atoms with Gasteiger partial charge >= 0.3 is 5.63 Å². The van der Waals surface area contributed by atoms with Crippen molar-refractivity contribution in [2.24, 2.45) is 0 Å². The molecule has 1 N–H and O–H groups in total. The fourth-order valence-electron chi connectivity index (χ4n) is 3.12. The molecule has 0 unspecified atom stereocenters. The Hall–Kier alpha value is -3.82. The van der Waals surface area contributed by atoms with Crippen LogP contribution in [0, 0.1) is 10.1 Å². The zero-order chi connectivity index (χ0) is 23.5. The summed E-state index contributed by atoms with van der Waals surface area (Å²) in [6, 6.07) is 10.5. The predicted octanol–water partition coefficient (Wildman–Crippen LogP) is 5.73. The van der Waals surface area contributed by atoms with Crippen LogP contribution in [0.2, 0.25) is 10.0 Å². The van der Waals surface area contributed by atoms with Gasteiger partial charge in [0.1, 0.15) is 6.61 Å². The van der Waals surface area contributed by atoms with Crippen molar-refractivity contribution in [3.05, 3.63) is 91.0 Å². The largest absolute Gasteiger partial charge is 0.493 e. The van der Waals surface area contributed by atoms with Crippen molar-refractivity contribution in [1.29, 1.82) is 0 Å². The Balaban J connectivity index is 1.74. The van der Waals surface area contributed by atoms with Gasteiger partial charge in [-0.3, -0.25) is 15.1 Å². The van der Waals surface area contributed by atoms with Gasteiger partial charge in [-0.15, -0.1) is 0 Å². The number of rotatable bonds is 7. The average Bonchev–Trinajstić information content (AvgIpc) is 2.80. The summed E-state index contributed by atoms with van der Waals surface area (Å²) in [5, 5.41) is 15.0. The van der Waals surface area contributed by atoms with E-state index in [0.29, 0.717) is 28.1 Å². The molecule has 4 rings (SSSR count). The van der Waals surface area contributed by atoms with Gasteiger partial charge in [0.15, 0.2) is 11.3 Å². The number of nitrogens with one attached hydrogen (secondary N) is 1. The highest BCUT2D eigenvalue weighted by atomic mass is 35.5. The minimum absolute atomic E-state index is 0.0309. The minimum atomic E-state index is -0.639. The number of ether oxygens (including phenoxy) is 2. The second kappa shape index (κ2) is 9.35. The molecular weight excluding hydrogens is 473 g/mol. The van der Waals surface area contributed by atoms with E-state index < -0.39 is 10.5 Å². The molecule has 0 fully saturated rings. The number of nitrogens with zero attached hydrogens (tertiary/aromatic N) is 2. The number of anilines is 2. The van der Waals surface area contributed by atoms with E-state index in [1.165, 1.54) is 37.7 Å². The Morgan fingerprint density at radius 1 is 1.12 bits per heavy atom. The number of hydrogen-bond acceptors (Lipinski definition) is 8. The van der Waals surface area contributed by atoms with E-state index in [1.54, 1.807) is 24.3 Å². The summed E-state index contributed by atoms with van der Waals surface area (Å²) in [5.74, 6) is 0.533. The lowest BCUT2D eigenvalue weighted by molar-refractivity contribution is -0.384. The SMILES string of the molecule is COc1ccc2c(Nc3c(Cl)cncc3Cl)cc(=O)oc2c1OCc1ccc([N+](=O)[O-])cc1. The van der Waals surface area contributed by atoms with Crippen molar-refractivity contribution >= 4 is 51.2 Å². The fraction of sp³-hybridized carbons (Fsp3) is 0.0909. The second-order valence-corrected chi connectivity index (χ2v) is 7.58. The lowest BCUT2D eigenvalue weighted by Crippen LogP contribution is -2.05. The van der Waals surface area contributed by atoms with Gasteiger partial charge in [-0.05, 0) is 29.8 Å². The summed E-state index contributed by atoms with van der Waals surface area (Å²) < 4.78 is 16.7. The standard InChI is InChI=1S/C22H15Cl2N3O6/c1-31-18-7-6-14-17(26-20-15(23)9-25-10-16(20)24)8-19(28)33-21(14)22(18)32-11-12-2-4-13(5-3-12)27(29)30/h2-10H,11H2,1H3,(H,25,26). The van der Waals surface area contributed by atoms with Crippen LogP contribution in [0.25, 0.3) is 11.0 Å². The molecule has 0 spiro atoms. The van der Waals surface area contributed by atoms with Gasteiger partial charge in [0, 0.05) is 36.0 Å². The van der Waals surface area contributed by atoms with Gasteiger partial charge in [0.25, 0.3) is 5.69 Å². The van der Waals surface area contributed by atoms with Crippen molar-refractivity contribution < 1.29 is 18.8 Å². The molecule has 2 heterocycles. The van der Waals surface area contributed by atoms with Crippen LogP contribution in [0.15, 0.2) is 64.1 Å². The molecule has 0 aliphatic rings. The number of hydrogen-bond donors (Lipinski definition) is 1. The number of fused-ring (bicyclic) bond motifs is 1. The van der Waals surface area contributed by atoms with Gasteiger partial charge in [-0.1, -0.05) is 23.2 Å². The van der Waals surface area contributed by atoms with E-state index in [2.05, 4.69) is 10.3 Å². The zero-order valence-electron chi connectivity index (χ0n) is 17.0. The second-order valence-electron chi connectivity index (χ2n) is 6.77. The van der Waals surface area contributed by atoms with Crippen molar-refractivity contribution in [1.82, 2.24) is 4.98 Å². The molecule has 9 nitrogen and oxygen atoms in total. The van der Waals surface area contributed by atoms with E-state index in [0.717, 1.165) is 0 Å². The van der Waals surface area contributed by atoms with Crippen molar-refractivity contribution in [3.8, 4) is 11.5 Å². The lowest BCUT2D eigenvalue weighted by Gasteiger charge is -2.15. The van der Waals surface area contributed by atoms with Gasteiger partial charge in [0.2, 0.25) is 5.75 Å². The van der Waals surface area contributed by atoms with Crippen LogP contribution in [0.1, 0.15) is 5.56 Å². The molecule has 2 aromatic carbocycles. The first-order chi connectivity index (χ1) is 15.9. The number of nitro groups is 1. The third kappa shape index (κ3) is 4.69. The summed E-state index contributed by atoms with van der Waals surface area (Å²) in [6.07, 6.45) is 2.84. The maximum absolute atomic E-state index is 12.3. The Bertz CT molecular complexity index is 1390. The highest BCUT2D eigenvalue weighted by Crippen LogP contribution is 2.40. The molecular formula is C22H15Cl2N3O6. The van der Waals surface area contributed by atoms with Crippen molar-refractivity contribution in [2.45, 2.75) is 6.61 Å². The van der Waals surface area contributed by atoms with Crippen LogP contribution in [0.4, 0.5) is 17.1 Å². The molecule has 33 heavy (non-hydrogen) atoms. The monoisotopic (exact) mass is 487 g/mol. The summed E-state index contributed by atoms with van der Waals surface area (Å²) in [5.41, 5.74) is 0.916. The van der Waals surface area contributed by atoms with Crippen LogP contribution < -0.4 is 20.4 Å². The Labute approximate surface area is 196 Å². The molecule has 0 amide bonds. The smallest absolute Gasteiger partial charge is 0.338 e. The summed E-state index contributed by atoms with van der Waals surface area (Å²) in [4.78, 5) is 26.6. The number of methoxy groups -OCH3 is 1. The highest BCUT2D eigenvalue weighted by molar-refractivity contribution is 6.39. The van der Waals surface area contributed by atoms with Crippen LogP contribution in [-0.2, 0) is 6.61 Å². The van der Waals surface area contributed by atoms with Crippen LogP contribution in [-0.4, -0.2) is 17.0 Å². The molecule has 0 atom stereocenters. The maximum atomic E-state index is 12.3. The fourth-order valence-corrected chi connectivity index (χ4v) is 3.58. The average molecular weight is 488 g/mol. The molecule has 0 aliphatic carbocycles. The quantitative estimate of drug-likeness (QED) is 0.199. The number of nitro benzene ring substituents is 1. The first kappa shape index (κ1) is 22.4. The first-order valence-corrected chi connectivity index (χ1v) is 10.2. The number of pyridine rings is 1. The molecule has 0 saturated heterocycles. The number of benzene rings is 2. The first-order valence-electron chi connectivity index (χ1n) is 9.44. The van der Waals surface area contributed by atoms with E-state index in [-0.39, 0.29) is 33.7 Å². The topological polar surface area (TPSA) is 117 Å².